The van der Waals surface area contributed by atoms with Gasteiger partial charge in [-0.25, -0.2) is 13.9 Å². The first-order valence-corrected chi connectivity index (χ1v) is 6.98. The van der Waals surface area contributed by atoms with E-state index in [-0.39, 0.29) is 17.6 Å². The van der Waals surface area contributed by atoms with Gasteiger partial charge in [-0.2, -0.15) is 0 Å². The molecule has 22 heavy (non-hydrogen) atoms. The van der Waals surface area contributed by atoms with Gasteiger partial charge in [0.05, 0.1) is 13.7 Å². The van der Waals surface area contributed by atoms with Crippen LogP contribution in [0.5, 0.6) is 5.75 Å². The van der Waals surface area contributed by atoms with Crippen molar-refractivity contribution in [3.8, 4) is 5.75 Å². The lowest BCUT2D eigenvalue weighted by molar-refractivity contribution is 0.324. The summed E-state index contributed by atoms with van der Waals surface area (Å²) in [5, 5.41) is 8.33. The van der Waals surface area contributed by atoms with Crippen LogP contribution in [-0.2, 0) is 12.0 Å². The topological polar surface area (TPSA) is 74.6 Å². The van der Waals surface area contributed by atoms with E-state index in [0.717, 1.165) is 5.76 Å². The fourth-order valence-corrected chi connectivity index (χ4v) is 2.17. The third kappa shape index (κ3) is 2.38. The van der Waals surface area contributed by atoms with Crippen LogP contribution in [0.25, 0.3) is 5.65 Å². The summed E-state index contributed by atoms with van der Waals surface area (Å²) in [6.07, 6.45) is 1.66. The molecule has 0 radical (unpaired) electrons. The molecule has 0 bridgehead atoms. The fourth-order valence-electron chi connectivity index (χ4n) is 2.17. The van der Waals surface area contributed by atoms with Crippen molar-refractivity contribution in [2.24, 2.45) is 0 Å². The number of hydrogen-bond donors (Lipinski definition) is 0. The van der Waals surface area contributed by atoms with Crippen LogP contribution in [0.1, 0.15) is 32.2 Å². The van der Waals surface area contributed by atoms with Crippen LogP contribution in [0.4, 0.5) is 0 Å². The number of nitrogens with zero attached hydrogens (tertiary/aromatic N) is 4. The predicted octanol–water partition coefficient (Wildman–Crippen LogP) is 1.84. The van der Waals surface area contributed by atoms with Gasteiger partial charge >= 0.3 is 5.69 Å². The summed E-state index contributed by atoms with van der Waals surface area (Å²) in [7, 11) is 1.55. The van der Waals surface area contributed by atoms with E-state index in [2.05, 4.69) is 10.3 Å². The van der Waals surface area contributed by atoms with E-state index in [9.17, 15) is 4.79 Å². The molecule has 0 amide bonds. The average Bonchev–Trinajstić information content (AvgIpc) is 3.05. The Morgan fingerprint density at radius 3 is 2.77 bits per heavy atom. The molecule has 7 heteroatoms. The van der Waals surface area contributed by atoms with Gasteiger partial charge in [-0.3, -0.25) is 0 Å². The lowest BCUT2D eigenvalue weighted by Crippen LogP contribution is -2.21. The fraction of sp³-hybridized carbons (Fsp3) is 0.400. The Labute approximate surface area is 127 Å². The summed E-state index contributed by atoms with van der Waals surface area (Å²) in [6.45, 7) is 6.38. The molecular formula is C15H18N4O3. The zero-order valence-electron chi connectivity index (χ0n) is 13.0. The minimum atomic E-state index is -0.241. The van der Waals surface area contributed by atoms with Crippen LogP contribution >= 0.6 is 0 Å². The number of methoxy groups -OCH3 is 1. The Bertz CT molecular complexity index is 867. The zero-order valence-corrected chi connectivity index (χ0v) is 13.0. The van der Waals surface area contributed by atoms with Crippen molar-refractivity contribution in [1.82, 2.24) is 19.3 Å². The second-order valence-corrected chi connectivity index (χ2v) is 6.14. The molecule has 0 saturated carbocycles. The maximum Gasteiger partial charge on any atom is 0.350 e. The van der Waals surface area contributed by atoms with Crippen LogP contribution in [0, 0.1) is 0 Å². The van der Waals surface area contributed by atoms with Crippen molar-refractivity contribution in [3.05, 3.63) is 46.3 Å². The van der Waals surface area contributed by atoms with E-state index in [1.54, 1.807) is 25.4 Å². The Morgan fingerprint density at radius 1 is 1.36 bits per heavy atom. The SMILES string of the molecule is COc1cccn2c(=O)n(Cc3cc(C(C)(C)C)on3)nc12. The second kappa shape index (κ2) is 5.01. The van der Waals surface area contributed by atoms with Crippen LogP contribution in [0.2, 0.25) is 0 Å². The van der Waals surface area contributed by atoms with Crippen molar-refractivity contribution in [2.45, 2.75) is 32.7 Å². The van der Waals surface area contributed by atoms with Crippen molar-refractivity contribution in [3.63, 3.8) is 0 Å². The Hall–Kier alpha value is -2.57. The summed E-state index contributed by atoms with van der Waals surface area (Å²) in [4.78, 5) is 12.4. The van der Waals surface area contributed by atoms with Gasteiger partial charge in [-0.05, 0) is 12.1 Å². The zero-order chi connectivity index (χ0) is 15.9. The van der Waals surface area contributed by atoms with E-state index in [4.69, 9.17) is 9.26 Å². The summed E-state index contributed by atoms with van der Waals surface area (Å²) in [5.41, 5.74) is 0.774. The molecule has 3 rings (SSSR count). The molecular weight excluding hydrogens is 284 g/mol. The molecule has 3 aromatic heterocycles. The van der Waals surface area contributed by atoms with Crippen molar-refractivity contribution in [1.29, 1.82) is 0 Å². The first-order valence-electron chi connectivity index (χ1n) is 6.98. The lowest BCUT2D eigenvalue weighted by atomic mass is 9.93. The highest BCUT2D eigenvalue weighted by Gasteiger charge is 2.20. The van der Waals surface area contributed by atoms with Gasteiger partial charge in [0.1, 0.15) is 11.5 Å². The number of aromatic nitrogens is 4. The van der Waals surface area contributed by atoms with E-state index >= 15 is 0 Å². The van der Waals surface area contributed by atoms with E-state index in [1.807, 2.05) is 26.8 Å². The van der Waals surface area contributed by atoms with E-state index in [1.165, 1.54) is 9.08 Å². The highest BCUT2D eigenvalue weighted by Crippen LogP contribution is 2.23. The van der Waals surface area contributed by atoms with Crippen LogP contribution in [-0.4, -0.2) is 26.4 Å². The second-order valence-electron chi connectivity index (χ2n) is 6.14. The largest absolute Gasteiger partial charge is 0.493 e. The van der Waals surface area contributed by atoms with Crippen molar-refractivity contribution >= 4 is 5.65 Å². The third-order valence-electron chi connectivity index (χ3n) is 3.40. The van der Waals surface area contributed by atoms with Gasteiger partial charge in [-0.15, -0.1) is 5.10 Å². The number of hydrogen-bond acceptors (Lipinski definition) is 5. The monoisotopic (exact) mass is 302 g/mol. The highest BCUT2D eigenvalue weighted by molar-refractivity contribution is 5.52. The molecule has 0 fully saturated rings. The molecule has 0 N–H and O–H groups in total. The Balaban J connectivity index is 1.99. The molecule has 116 valence electrons. The Morgan fingerprint density at radius 2 is 2.14 bits per heavy atom. The molecule has 0 atom stereocenters. The molecule has 0 aliphatic carbocycles. The van der Waals surface area contributed by atoms with Crippen LogP contribution in [0.15, 0.2) is 33.7 Å². The molecule has 0 aliphatic heterocycles. The van der Waals surface area contributed by atoms with Crippen molar-refractivity contribution in [2.75, 3.05) is 7.11 Å². The molecule has 7 nitrogen and oxygen atoms in total. The smallest absolute Gasteiger partial charge is 0.350 e. The number of ether oxygens (including phenoxy) is 1. The van der Waals surface area contributed by atoms with E-state index in [0.29, 0.717) is 17.1 Å². The van der Waals surface area contributed by atoms with Gasteiger partial charge < -0.3 is 9.26 Å². The summed E-state index contributed by atoms with van der Waals surface area (Å²) >= 11 is 0. The summed E-state index contributed by atoms with van der Waals surface area (Å²) in [5.74, 6) is 1.32. The van der Waals surface area contributed by atoms with Gasteiger partial charge in [-0.1, -0.05) is 25.9 Å². The van der Waals surface area contributed by atoms with Crippen LogP contribution < -0.4 is 10.4 Å². The van der Waals surface area contributed by atoms with E-state index < -0.39 is 0 Å². The molecule has 0 aliphatic rings. The predicted molar refractivity (Wildman–Crippen MR) is 80.3 cm³/mol. The molecule has 0 unspecified atom stereocenters. The minimum absolute atomic E-state index is 0.127. The van der Waals surface area contributed by atoms with Crippen molar-refractivity contribution < 1.29 is 9.26 Å². The standard InChI is InChI=1S/C15H18N4O3/c1-15(2,3)12-8-10(17-22-12)9-19-14(20)18-7-5-6-11(21-4)13(18)16-19/h5-8H,9H2,1-4H3. The first kappa shape index (κ1) is 14.4. The number of fused-ring (bicyclic) bond motifs is 1. The molecule has 3 heterocycles. The molecule has 3 aromatic rings. The summed E-state index contributed by atoms with van der Waals surface area (Å²) in [6, 6.07) is 5.36. The highest BCUT2D eigenvalue weighted by atomic mass is 16.5. The third-order valence-corrected chi connectivity index (χ3v) is 3.40. The normalized spacial score (nSPS) is 12.0. The first-order chi connectivity index (χ1) is 10.4. The number of pyridine rings is 1. The maximum absolute atomic E-state index is 12.4. The van der Waals surface area contributed by atoms with Crippen LogP contribution in [0.3, 0.4) is 0 Å². The molecule has 0 saturated heterocycles. The quantitative estimate of drug-likeness (QED) is 0.738. The van der Waals surface area contributed by atoms with Gasteiger partial charge in [0.2, 0.25) is 5.65 Å². The Kier molecular flexibility index (Phi) is 3.27. The van der Waals surface area contributed by atoms with Gasteiger partial charge in [0.25, 0.3) is 0 Å². The maximum atomic E-state index is 12.4. The minimum Gasteiger partial charge on any atom is -0.493 e. The lowest BCUT2D eigenvalue weighted by Gasteiger charge is -2.12. The number of rotatable bonds is 3. The molecule has 0 spiro atoms. The average molecular weight is 302 g/mol. The molecule has 0 aromatic carbocycles. The summed E-state index contributed by atoms with van der Waals surface area (Å²) < 4.78 is 13.4. The van der Waals surface area contributed by atoms with Gasteiger partial charge in [0, 0.05) is 17.7 Å². The van der Waals surface area contributed by atoms with Gasteiger partial charge in [0.15, 0.2) is 5.75 Å².